The van der Waals surface area contributed by atoms with Crippen molar-refractivity contribution in [1.82, 2.24) is 24.3 Å². The summed E-state index contributed by atoms with van der Waals surface area (Å²) < 4.78 is 8.16. The molecule has 1 aliphatic heterocycles. The summed E-state index contributed by atoms with van der Waals surface area (Å²) in [7, 11) is 0. The van der Waals surface area contributed by atoms with E-state index in [-0.39, 0.29) is 17.7 Å². The summed E-state index contributed by atoms with van der Waals surface area (Å²) in [6.07, 6.45) is 5.58. The van der Waals surface area contributed by atoms with Crippen LogP contribution in [0.15, 0.2) is 43.5 Å². The van der Waals surface area contributed by atoms with Gasteiger partial charge in [-0.05, 0) is 31.4 Å². The first-order chi connectivity index (χ1) is 15.1. The van der Waals surface area contributed by atoms with E-state index >= 15 is 0 Å². The number of hydrogen-bond acceptors (Lipinski definition) is 7. The van der Waals surface area contributed by atoms with E-state index in [1.54, 1.807) is 10.8 Å². The lowest BCUT2D eigenvalue weighted by Crippen LogP contribution is -2.41. The Bertz CT molecular complexity index is 1210. The molecule has 0 saturated heterocycles. The van der Waals surface area contributed by atoms with Gasteiger partial charge in [0.1, 0.15) is 16.7 Å². The molecule has 10 heteroatoms. The molecular formula is C21H23ClN6O3. The first-order valence-electron chi connectivity index (χ1n) is 10.4. The van der Waals surface area contributed by atoms with E-state index < -0.39 is 0 Å². The van der Waals surface area contributed by atoms with Gasteiger partial charge in [0.2, 0.25) is 11.7 Å². The average Bonchev–Trinajstić information content (AvgIpc) is 3.40. The Morgan fingerprint density at radius 2 is 1.97 bits per heavy atom. The van der Waals surface area contributed by atoms with Gasteiger partial charge in [0.25, 0.3) is 5.56 Å². The number of hydrogen-bond donors (Lipinski definition) is 0. The van der Waals surface area contributed by atoms with Gasteiger partial charge >= 0.3 is 5.69 Å². The summed E-state index contributed by atoms with van der Waals surface area (Å²) in [5.41, 5.74) is 0.512. The zero-order chi connectivity index (χ0) is 21.8. The van der Waals surface area contributed by atoms with Crippen LogP contribution in [-0.4, -0.2) is 29.4 Å². The highest BCUT2D eigenvalue weighted by atomic mass is 35.5. The zero-order valence-electron chi connectivity index (χ0n) is 17.3. The Hall–Kier alpha value is -3.07. The number of unbranched alkanes of at least 4 members (excludes halogenated alkanes) is 2. The molecule has 0 aliphatic carbocycles. The molecule has 0 fully saturated rings. The van der Waals surface area contributed by atoms with Crippen LogP contribution in [0.5, 0.6) is 0 Å². The Kier molecular flexibility index (Phi) is 6.41. The van der Waals surface area contributed by atoms with E-state index in [9.17, 15) is 9.59 Å². The number of nitrogens with zero attached hydrogens (tertiary/aromatic N) is 6. The highest BCUT2D eigenvalue weighted by molar-refractivity contribution is 6.66. The third-order valence-corrected chi connectivity index (χ3v) is 5.38. The minimum atomic E-state index is -0.331. The maximum atomic E-state index is 13.0. The number of pyridine rings is 1. The summed E-state index contributed by atoms with van der Waals surface area (Å²) in [6, 6.07) is 5.49. The van der Waals surface area contributed by atoms with Crippen molar-refractivity contribution in [2.75, 3.05) is 0 Å². The standard InChI is InChI=1S/C21H23ClN6O3/c1-2-3-11-27-19-14(13-16(22)24-19)20(29)28(21(27)30)12-7-5-9-17-25-18(26-31-17)15-8-4-6-10-23-15/h4,6,8,10H,2-3,5,7,9,11-13H2,1H3. The predicted octanol–water partition coefficient (Wildman–Crippen LogP) is 3.10. The normalized spacial score (nSPS) is 12.8. The van der Waals surface area contributed by atoms with E-state index in [1.165, 1.54) is 4.57 Å². The Balaban J connectivity index is 1.44. The fourth-order valence-electron chi connectivity index (χ4n) is 3.54. The van der Waals surface area contributed by atoms with E-state index in [2.05, 4.69) is 20.1 Å². The van der Waals surface area contributed by atoms with Crippen LogP contribution in [0.2, 0.25) is 0 Å². The third-order valence-electron chi connectivity index (χ3n) is 5.16. The molecular weight excluding hydrogens is 420 g/mol. The van der Waals surface area contributed by atoms with Crippen molar-refractivity contribution < 1.29 is 4.52 Å². The number of aryl methyl sites for hydroxylation is 1. The summed E-state index contributed by atoms with van der Waals surface area (Å²) in [5, 5.41) is 4.30. The van der Waals surface area contributed by atoms with Crippen LogP contribution in [0.1, 0.15) is 44.1 Å². The van der Waals surface area contributed by atoms with Gasteiger partial charge in [-0.2, -0.15) is 4.98 Å². The molecule has 0 unspecified atom stereocenters. The number of fused-ring (bicyclic) bond motifs is 1. The van der Waals surface area contributed by atoms with Gasteiger partial charge < -0.3 is 4.52 Å². The SMILES string of the molecule is CCCCn1c2c(c(=O)n(CCCCc3nc(-c4ccccn4)no3)c1=O)CC(Cl)=N2. The van der Waals surface area contributed by atoms with Gasteiger partial charge in [0.05, 0.1) is 5.56 Å². The third kappa shape index (κ3) is 4.51. The molecule has 0 saturated carbocycles. The molecule has 0 atom stereocenters. The van der Waals surface area contributed by atoms with E-state index in [1.807, 2.05) is 25.1 Å². The maximum absolute atomic E-state index is 13.0. The molecule has 3 aromatic heterocycles. The maximum Gasteiger partial charge on any atom is 0.332 e. The van der Waals surface area contributed by atoms with Gasteiger partial charge in [0.15, 0.2) is 0 Å². The van der Waals surface area contributed by atoms with Crippen LogP contribution in [0.25, 0.3) is 11.5 Å². The number of aliphatic imine (C=N–C) groups is 1. The second kappa shape index (κ2) is 9.38. The Morgan fingerprint density at radius 3 is 2.74 bits per heavy atom. The summed E-state index contributed by atoms with van der Waals surface area (Å²) in [4.78, 5) is 38.6. The Labute approximate surface area is 183 Å². The second-order valence-electron chi connectivity index (χ2n) is 7.40. The van der Waals surface area contributed by atoms with Crippen molar-refractivity contribution in [3.63, 3.8) is 0 Å². The molecule has 31 heavy (non-hydrogen) atoms. The van der Waals surface area contributed by atoms with E-state index in [4.69, 9.17) is 16.1 Å². The van der Waals surface area contributed by atoms with Crippen LogP contribution in [-0.2, 0) is 25.9 Å². The fraction of sp³-hybridized carbons (Fsp3) is 0.429. The first kappa shape index (κ1) is 21.2. The molecule has 0 bridgehead atoms. The van der Waals surface area contributed by atoms with Crippen molar-refractivity contribution in [3.05, 3.63) is 56.7 Å². The van der Waals surface area contributed by atoms with Crippen molar-refractivity contribution in [3.8, 4) is 11.5 Å². The smallest absolute Gasteiger partial charge is 0.332 e. The molecule has 0 amide bonds. The molecule has 9 nitrogen and oxygen atoms in total. The summed E-state index contributed by atoms with van der Waals surface area (Å²) in [5.74, 6) is 1.36. The predicted molar refractivity (Wildman–Crippen MR) is 117 cm³/mol. The first-order valence-corrected chi connectivity index (χ1v) is 10.8. The molecule has 0 N–H and O–H groups in total. The lowest BCUT2D eigenvalue weighted by atomic mass is 10.2. The molecule has 3 aromatic rings. The molecule has 0 spiro atoms. The Morgan fingerprint density at radius 1 is 1.13 bits per heavy atom. The molecule has 0 aromatic carbocycles. The molecule has 0 radical (unpaired) electrons. The van der Waals surface area contributed by atoms with Crippen molar-refractivity contribution >= 4 is 22.6 Å². The number of halogens is 1. The summed E-state index contributed by atoms with van der Waals surface area (Å²) >= 11 is 6.06. The lowest BCUT2D eigenvalue weighted by molar-refractivity contribution is 0.372. The monoisotopic (exact) mass is 442 g/mol. The topological polar surface area (TPSA) is 108 Å². The van der Waals surface area contributed by atoms with E-state index in [0.29, 0.717) is 66.3 Å². The van der Waals surface area contributed by atoms with Crippen LogP contribution in [0.4, 0.5) is 5.82 Å². The number of rotatable bonds is 9. The fourth-order valence-corrected chi connectivity index (χ4v) is 3.76. The average molecular weight is 443 g/mol. The van der Waals surface area contributed by atoms with Crippen LogP contribution in [0, 0.1) is 0 Å². The van der Waals surface area contributed by atoms with Crippen LogP contribution in [0.3, 0.4) is 0 Å². The van der Waals surface area contributed by atoms with Gasteiger partial charge in [-0.3, -0.25) is 18.9 Å². The zero-order valence-corrected chi connectivity index (χ0v) is 18.0. The molecule has 1 aliphatic rings. The van der Waals surface area contributed by atoms with Gasteiger partial charge in [-0.25, -0.2) is 9.79 Å². The summed E-state index contributed by atoms with van der Waals surface area (Å²) in [6.45, 7) is 2.88. The highest BCUT2D eigenvalue weighted by Crippen LogP contribution is 2.24. The van der Waals surface area contributed by atoms with Gasteiger partial charge in [-0.1, -0.05) is 36.2 Å². The molecule has 162 valence electrons. The van der Waals surface area contributed by atoms with E-state index in [0.717, 1.165) is 12.8 Å². The number of aromatic nitrogens is 5. The van der Waals surface area contributed by atoms with Crippen LogP contribution >= 0.6 is 11.6 Å². The lowest BCUT2D eigenvalue weighted by Gasteiger charge is -2.13. The van der Waals surface area contributed by atoms with Crippen molar-refractivity contribution in [1.29, 1.82) is 0 Å². The highest BCUT2D eigenvalue weighted by Gasteiger charge is 2.24. The second-order valence-corrected chi connectivity index (χ2v) is 7.83. The molecule has 4 heterocycles. The largest absolute Gasteiger partial charge is 0.339 e. The van der Waals surface area contributed by atoms with Crippen LogP contribution < -0.4 is 11.2 Å². The molecule has 4 rings (SSSR count). The quantitative estimate of drug-likeness (QED) is 0.471. The minimum absolute atomic E-state index is 0.278. The van der Waals surface area contributed by atoms with Crippen molar-refractivity contribution in [2.45, 2.75) is 58.5 Å². The van der Waals surface area contributed by atoms with Gasteiger partial charge in [-0.15, -0.1) is 0 Å². The van der Waals surface area contributed by atoms with Gasteiger partial charge in [0, 0.05) is 32.1 Å². The van der Waals surface area contributed by atoms with Crippen molar-refractivity contribution in [2.24, 2.45) is 4.99 Å². The minimum Gasteiger partial charge on any atom is -0.339 e.